The van der Waals surface area contributed by atoms with Crippen LogP contribution in [0, 0.1) is 11.8 Å². The molecule has 0 unspecified atom stereocenters. The first-order valence-electron chi connectivity index (χ1n) is 7.11. The van der Waals surface area contributed by atoms with Crippen molar-refractivity contribution in [1.82, 2.24) is 0 Å². The molecule has 1 fully saturated rings. The lowest BCUT2D eigenvalue weighted by molar-refractivity contribution is 0.0238. The third-order valence-electron chi connectivity index (χ3n) is 3.88. The Balaban J connectivity index is 2.42. The van der Waals surface area contributed by atoms with Crippen LogP contribution in [-0.2, 0) is 4.74 Å². The molecule has 0 spiro atoms. The van der Waals surface area contributed by atoms with Crippen molar-refractivity contribution < 1.29 is 9.53 Å². The van der Waals surface area contributed by atoms with E-state index in [4.69, 9.17) is 16.2 Å². The number of ether oxygens (including phenoxy) is 1. The Kier molecular flexibility index (Phi) is 5.93. The highest BCUT2D eigenvalue weighted by atomic mass is 16.6. The molecular formula is C14H28N2O2. The average molecular weight is 256 g/mol. The molecule has 0 aliphatic heterocycles. The Morgan fingerprint density at radius 2 is 1.94 bits per heavy atom. The Labute approximate surface area is 110 Å². The summed E-state index contributed by atoms with van der Waals surface area (Å²) in [6.07, 6.45) is 7.98. The SMILES string of the molecule is CC(C)(C[C@@H](CN)CC1CCCCC1)OC(N)=O. The number of hydrogen-bond donors (Lipinski definition) is 2. The van der Waals surface area contributed by atoms with E-state index in [0.717, 1.165) is 18.8 Å². The molecule has 0 heterocycles. The van der Waals surface area contributed by atoms with Crippen molar-refractivity contribution >= 4 is 6.09 Å². The van der Waals surface area contributed by atoms with Gasteiger partial charge in [-0.25, -0.2) is 4.79 Å². The fraction of sp³-hybridized carbons (Fsp3) is 0.929. The van der Waals surface area contributed by atoms with Gasteiger partial charge in [0.1, 0.15) is 5.60 Å². The van der Waals surface area contributed by atoms with Gasteiger partial charge in [0.25, 0.3) is 0 Å². The first-order chi connectivity index (χ1) is 8.43. The third-order valence-corrected chi connectivity index (χ3v) is 3.88. The summed E-state index contributed by atoms with van der Waals surface area (Å²) in [5, 5.41) is 0. The van der Waals surface area contributed by atoms with Crippen molar-refractivity contribution in [3.63, 3.8) is 0 Å². The lowest BCUT2D eigenvalue weighted by Crippen LogP contribution is -2.35. The Morgan fingerprint density at radius 3 is 2.44 bits per heavy atom. The van der Waals surface area contributed by atoms with Gasteiger partial charge in [-0.05, 0) is 45.1 Å². The molecule has 18 heavy (non-hydrogen) atoms. The molecule has 4 N–H and O–H groups in total. The first kappa shape index (κ1) is 15.3. The number of nitrogens with two attached hydrogens (primary N) is 2. The minimum absolute atomic E-state index is 0.419. The van der Waals surface area contributed by atoms with Gasteiger partial charge < -0.3 is 16.2 Å². The fourth-order valence-corrected chi connectivity index (χ4v) is 3.17. The van der Waals surface area contributed by atoms with Gasteiger partial charge in [0.15, 0.2) is 0 Å². The summed E-state index contributed by atoms with van der Waals surface area (Å²) >= 11 is 0. The summed E-state index contributed by atoms with van der Waals surface area (Å²) < 4.78 is 5.14. The molecule has 1 saturated carbocycles. The third kappa shape index (κ3) is 5.71. The molecule has 1 rings (SSSR count). The normalized spacial score (nSPS) is 19.5. The summed E-state index contributed by atoms with van der Waals surface area (Å²) in [5.74, 6) is 1.22. The molecule has 1 aliphatic rings. The van der Waals surface area contributed by atoms with E-state index < -0.39 is 11.7 Å². The molecule has 0 aromatic carbocycles. The van der Waals surface area contributed by atoms with Crippen LogP contribution >= 0.6 is 0 Å². The maximum atomic E-state index is 10.8. The summed E-state index contributed by atoms with van der Waals surface area (Å²) in [6, 6.07) is 0. The highest BCUT2D eigenvalue weighted by Gasteiger charge is 2.28. The molecule has 1 atom stereocenters. The monoisotopic (exact) mass is 256 g/mol. The van der Waals surface area contributed by atoms with Crippen LogP contribution in [0.25, 0.3) is 0 Å². The van der Waals surface area contributed by atoms with E-state index >= 15 is 0 Å². The minimum atomic E-state index is -0.701. The van der Waals surface area contributed by atoms with Gasteiger partial charge in [-0.2, -0.15) is 0 Å². The Morgan fingerprint density at radius 1 is 1.33 bits per heavy atom. The van der Waals surface area contributed by atoms with Gasteiger partial charge >= 0.3 is 6.09 Å². The molecule has 0 saturated heterocycles. The van der Waals surface area contributed by atoms with Crippen LogP contribution in [0.3, 0.4) is 0 Å². The number of carbonyl (C=O) groups is 1. The van der Waals surface area contributed by atoms with Gasteiger partial charge in [-0.3, -0.25) is 0 Å². The zero-order valence-corrected chi connectivity index (χ0v) is 11.8. The first-order valence-corrected chi connectivity index (χ1v) is 7.11. The summed E-state index contributed by atoms with van der Waals surface area (Å²) in [4.78, 5) is 10.8. The smallest absolute Gasteiger partial charge is 0.405 e. The highest BCUT2D eigenvalue weighted by Crippen LogP contribution is 2.32. The van der Waals surface area contributed by atoms with Crippen molar-refractivity contribution in [1.29, 1.82) is 0 Å². The maximum Gasteiger partial charge on any atom is 0.405 e. The topological polar surface area (TPSA) is 78.3 Å². The Hall–Kier alpha value is -0.770. The van der Waals surface area contributed by atoms with Crippen LogP contribution in [0.2, 0.25) is 0 Å². The number of carbonyl (C=O) groups excluding carboxylic acids is 1. The number of rotatable bonds is 6. The zero-order chi connectivity index (χ0) is 13.6. The van der Waals surface area contributed by atoms with Crippen molar-refractivity contribution in [2.24, 2.45) is 23.3 Å². The molecule has 0 radical (unpaired) electrons. The van der Waals surface area contributed by atoms with Gasteiger partial charge in [0.2, 0.25) is 0 Å². The molecule has 4 heteroatoms. The molecular weight excluding hydrogens is 228 g/mol. The fourth-order valence-electron chi connectivity index (χ4n) is 3.17. The van der Waals surface area contributed by atoms with E-state index in [1.165, 1.54) is 32.1 Å². The van der Waals surface area contributed by atoms with Crippen molar-refractivity contribution in [2.45, 2.75) is 64.4 Å². The quantitative estimate of drug-likeness (QED) is 0.767. The van der Waals surface area contributed by atoms with Crippen LogP contribution in [0.1, 0.15) is 58.8 Å². The van der Waals surface area contributed by atoms with Crippen molar-refractivity contribution in [3.8, 4) is 0 Å². The second-order valence-electron chi connectivity index (χ2n) is 6.23. The average Bonchev–Trinajstić information content (AvgIpc) is 2.27. The summed E-state index contributed by atoms with van der Waals surface area (Å²) in [6.45, 7) is 4.46. The van der Waals surface area contributed by atoms with E-state index in [2.05, 4.69) is 0 Å². The minimum Gasteiger partial charge on any atom is -0.444 e. The van der Waals surface area contributed by atoms with E-state index in [0.29, 0.717) is 12.5 Å². The second-order valence-corrected chi connectivity index (χ2v) is 6.23. The van der Waals surface area contributed by atoms with Crippen molar-refractivity contribution in [3.05, 3.63) is 0 Å². The number of hydrogen-bond acceptors (Lipinski definition) is 3. The molecule has 106 valence electrons. The van der Waals surface area contributed by atoms with Crippen LogP contribution in [0.5, 0.6) is 0 Å². The van der Waals surface area contributed by atoms with Crippen LogP contribution in [0.4, 0.5) is 4.79 Å². The number of amides is 1. The van der Waals surface area contributed by atoms with Gasteiger partial charge in [0, 0.05) is 0 Å². The Bertz CT molecular complexity index is 261. The van der Waals surface area contributed by atoms with Gasteiger partial charge in [-0.1, -0.05) is 32.1 Å². The molecule has 4 nitrogen and oxygen atoms in total. The predicted octanol–water partition coefficient (Wildman–Crippen LogP) is 2.80. The van der Waals surface area contributed by atoms with E-state index in [1.54, 1.807) is 0 Å². The zero-order valence-electron chi connectivity index (χ0n) is 11.8. The lowest BCUT2D eigenvalue weighted by Gasteiger charge is -2.31. The van der Waals surface area contributed by atoms with Gasteiger partial charge in [-0.15, -0.1) is 0 Å². The molecule has 0 aromatic heterocycles. The van der Waals surface area contributed by atoms with Crippen LogP contribution < -0.4 is 11.5 Å². The standard InChI is InChI=1S/C14H28N2O2/c1-14(2,18-13(16)17)9-12(10-15)8-11-6-4-3-5-7-11/h11-12H,3-10,15H2,1-2H3,(H2,16,17)/t12-/m0/s1. The van der Waals surface area contributed by atoms with Crippen LogP contribution in [0.15, 0.2) is 0 Å². The van der Waals surface area contributed by atoms with Crippen LogP contribution in [-0.4, -0.2) is 18.2 Å². The number of primary amides is 1. The predicted molar refractivity (Wildman–Crippen MR) is 73.1 cm³/mol. The molecule has 1 aliphatic carbocycles. The second kappa shape index (κ2) is 6.98. The largest absolute Gasteiger partial charge is 0.444 e. The highest BCUT2D eigenvalue weighted by molar-refractivity contribution is 5.65. The summed E-state index contributed by atoms with van der Waals surface area (Å²) in [7, 11) is 0. The lowest BCUT2D eigenvalue weighted by atomic mass is 9.79. The van der Waals surface area contributed by atoms with E-state index in [9.17, 15) is 4.79 Å². The molecule has 0 aromatic rings. The summed E-state index contributed by atoms with van der Waals surface area (Å²) in [5.41, 5.74) is 10.4. The van der Waals surface area contributed by atoms with E-state index in [-0.39, 0.29) is 0 Å². The molecule has 1 amide bonds. The maximum absolute atomic E-state index is 10.8. The van der Waals surface area contributed by atoms with E-state index in [1.807, 2.05) is 13.8 Å². The molecule has 0 bridgehead atoms. The van der Waals surface area contributed by atoms with Gasteiger partial charge in [0.05, 0.1) is 0 Å². The van der Waals surface area contributed by atoms with Crippen molar-refractivity contribution in [2.75, 3.05) is 6.54 Å².